The summed E-state index contributed by atoms with van der Waals surface area (Å²) in [5.41, 5.74) is 2.23. The standard InChI is InChI=1S/C16H23N3O/c1-11-10-19(2)8-7-14(11)18-16(20)13-9-17-15-6-4-3-5-12(13)15/h3-6,11,13-14,17H,7-10H2,1-2H3,(H,18,20). The first-order chi connectivity index (χ1) is 9.65. The fourth-order valence-corrected chi connectivity index (χ4v) is 3.37. The molecule has 0 radical (unpaired) electrons. The van der Waals surface area contributed by atoms with Crippen LogP contribution < -0.4 is 10.6 Å². The van der Waals surface area contributed by atoms with E-state index < -0.39 is 0 Å². The molecule has 1 aromatic rings. The summed E-state index contributed by atoms with van der Waals surface area (Å²) in [6.07, 6.45) is 1.05. The molecule has 0 saturated carbocycles. The first-order valence-corrected chi connectivity index (χ1v) is 7.47. The third kappa shape index (κ3) is 2.52. The highest BCUT2D eigenvalue weighted by Crippen LogP contribution is 2.31. The Kier molecular flexibility index (Phi) is 3.66. The number of fused-ring (bicyclic) bond motifs is 1. The molecule has 1 amide bonds. The van der Waals surface area contributed by atoms with Gasteiger partial charge in [-0.1, -0.05) is 25.1 Å². The number of hydrogen-bond acceptors (Lipinski definition) is 3. The highest BCUT2D eigenvalue weighted by atomic mass is 16.2. The first-order valence-electron chi connectivity index (χ1n) is 7.47. The molecule has 3 rings (SSSR count). The van der Waals surface area contributed by atoms with Gasteiger partial charge in [-0.25, -0.2) is 0 Å². The number of amides is 1. The molecule has 1 aromatic carbocycles. The number of anilines is 1. The van der Waals surface area contributed by atoms with E-state index in [1.807, 2.05) is 18.2 Å². The Hall–Kier alpha value is -1.55. The van der Waals surface area contributed by atoms with Gasteiger partial charge in [-0.3, -0.25) is 4.79 Å². The van der Waals surface area contributed by atoms with Gasteiger partial charge in [0.05, 0.1) is 5.92 Å². The number of piperidine rings is 1. The van der Waals surface area contributed by atoms with Crippen LogP contribution in [0.5, 0.6) is 0 Å². The van der Waals surface area contributed by atoms with Crippen LogP contribution in [0, 0.1) is 5.92 Å². The summed E-state index contributed by atoms with van der Waals surface area (Å²) in [6, 6.07) is 8.42. The van der Waals surface area contributed by atoms with Crippen molar-refractivity contribution in [3.05, 3.63) is 29.8 Å². The lowest BCUT2D eigenvalue weighted by atomic mass is 9.92. The lowest BCUT2D eigenvalue weighted by Crippen LogP contribution is -2.50. The Labute approximate surface area is 120 Å². The van der Waals surface area contributed by atoms with Crippen LogP contribution in [0.1, 0.15) is 24.8 Å². The number of carbonyl (C=O) groups is 1. The van der Waals surface area contributed by atoms with Crippen molar-refractivity contribution >= 4 is 11.6 Å². The summed E-state index contributed by atoms with van der Waals surface area (Å²) >= 11 is 0. The van der Waals surface area contributed by atoms with Gasteiger partial charge in [0.1, 0.15) is 0 Å². The van der Waals surface area contributed by atoms with Gasteiger partial charge < -0.3 is 15.5 Å². The predicted octanol–water partition coefficient (Wildman–Crippen LogP) is 1.65. The average molecular weight is 273 g/mol. The van der Waals surface area contributed by atoms with Crippen LogP contribution in [0.3, 0.4) is 0 Å². The molecule has 2 aliphatic rings. The molecular weight excluding hydrogens is 250 g/mol. The monoisotopic (exact) mass is 273 g/mol. The summed E-state index contributed by atoms with van der Waals surface area (Å²) in [7, 11) is 2.14. The zero-order chi connectivity index (χ0) is 14.1. The molecule has 4 nitrogen and oxygen atoms in total. The summed E-state index contributed by atoms with van der Waals surface area (Å²) < 4.78 is 0. The maximum absolute atomic E-state index is 12.5. The molecule has 0 spiro atoms. The highest BCUT2D eigenvalue weighted by molar-refractivity contribution is 5.88. The maximum atomic E-state index is 12.5. The van der Waals surface area contributed by atoms with Crippen LogP contribution >= 0.6 is 0 Å². The van der Waals surface area contributed by atoms with Gasteiger partial charge in [-0.15, -0.1) is 0 Å². The van der Waals surface area contributed by atoms with E-state index in [0.717, 1.165) is 30.8 Å². The quantitative estimate of drug-likeness (QED) is 0.861. The first kappa shape index (κ1) is 13.4. The van der Waals surface area contributed by atoms with Crippen LogP contribution in [0.25, 0.3) is 0 Å². The van der Waals surface area contributed by atoms with Crippen molar-refractivity contribution in [1.29, 1.82) is 0 Å². The van der Waals surface area contributed by atoms with Crippen LogP contribution in [-0.4, -0.2) is 43.5 Å². The molecule has 0 aromatic heterocycles. The third-order valence-electron chi connectivity index (χ3n) is 4.59. The Morgan fingerprint density at radius 2 is 2.20 bits per heavy atom. The van der Waals surface area contributed by atoms with Crippen LogP contribution in [-0.2, 0) is 4.79 Å². The molecule has 0 bridgehead atoms. The van der Waals surface area contributed by atoms with Gasteiger partial charge in [0.15, 0.2) is 0 Å². The average Bonchev–Trinajstić information content (AvgIpc) is 2.86. The number of nitrogens with one attached hydrogen (secondary N) is 2. The van der Waals surface area contributed by atoms with Crippen LogP contribution in [0.2, 0.25) is 0 Å². The van der Waals surface area contributed by atoms with Crippen molar-refractivity contribution in [3.63, 3.8) is 0 Å². The molecule has 2 aliphatic heterocycles. The minimum absolute atomic E-state index is 0.0435. The molecular formula is C16H23N3O. The number of likely N-dealkylation sites (tertiary alicyclic amines) is 1. The Morgan fingerprint density at radius 1 is 1.40 bits per heavy atom. The molecule has 108 valence electrons. The van der Waals surface area contributed by atoms with E-state index >= 15 is 0 Å². The lowest BCUT2D eigenvalue weighted by molar-refractivity contribution is -0.123. The van der Waals surface area contributed by atoms with E-state index in [1.54, 1.807) is 0 Å². The van der Waals surface area contributed by atoms with E-state index in [2.05, 4.69) is 35.6 Å². The zero-order valence-corrected chi connectivity index (χ0v) is 12.2. The van der Waals surface area contributed by atoms with Crippen molar-refractivity contribution < 1.29 is 4.79 Å². The van der Waals surface area contributed by atoms with Gasteiger partial charge in [-0.05, 0) is 37.6 Å². The smallest absolute Gasteiger partial charge is 0.229 e. The molecule has 1 saturated heterocycles. The van der Waals surface area contributed by atoms with E-state index in [1.165, 1.54) is 0 Å². The minimum Gasteiger partial charge on any atom is -0.384 e. The largest absolute Gasteiger partial charge is 0.384 e. The number of rotatable bonds is 2. The fourth-order valence-electron chi connectivity index (χ4n) is 3.37. The fraction of sp³-hybridized carbons (Fsp3) is 0.562. The predicted molar refractivity (Wildman–Crippen MR) is 80.9 cm³/mol. The van der Waals surface area contributed by atoms with Gasteiger partial charge in [0.25, 0.3) is 0 Å². The molecule has 3 unspecified atom stereocenters. The Balaban J connectivity index is 1.66. The molecule has 20 heavy (non-hydrogen) atoms. The maximum Gasteiger partial charge on any atom is 0.229 e. The van der Waals surface area contributed by atoms with E-state index in [4.69, 9.17) is 0 Å². The second-order valence-electron chi connectivity index (χ2n) is 6.16. The van der Waals surface area contributed by atoms with Crippen molar-refractivity contribution in [3.8, 4) is 0 Å². The highest BCUT2D eigenvalue weighted by Gasteiger charge is 2.32. The third-order valence-corrected chi connectivity index (χ3v) is 4.59. The molecule has 2 heterocycles. The second kappa shape index (κ2) is 5.44. The summed E-state index contributed by atoms with van der Waals surface area (Å²) in [5.74, 6) is 0.643. The summed E-state index contributed by atoms with van der Waals surface area (Å²) in [4.78, 5) is 14.9. The number of nitrogens with zero attached hydrogens (tertiary/aromatic N) is 1. The second-order valence-corrected chi connectivity index (χ2v) is 6.16. The number of benzene rings is 1. The molecule has 1 fully saturated rings. The van der Waals surface area contributed by atoms with Gasteiger partial charge in [0.2, 0.25) is 5.91 Å². The summed E-state index contributed by atoms with van der Waals surface area (Å²) in [5, 5.41) is 6.58. The van der Waals surface area contributed by atoms with Gasteiger partial charge in [0, 0.05) is 24.8 Å². The van der Waals surface area contributed by atoms with Crippen molar-refractivity contribution in [1.82, 2.24) is 10.2 Å². The van der Waals surface area contributed by atoms with Crippen molar-refractivity contribution in [2.45, 2.75) is 25.3 Å². The van der Waals surface area contributed by atoms with Crippen molar-refractivity contribution in [2.24, 2.45) is 5.92 Å². The normalized spacial score (nSPS) is 29.6. The van der Waals surface area contributed by atoms with Crippen LogP contribution in [0.15, 0.2) is 24.3 Å². The number of para-hydroxylation sites is 1. The molecule has 2 N–H and O–H groups in total. The SMILES string of the molecule is CC1CN(C)CCC1NC(=O)C1CNc2ccccc21. The van der Waals surface area contributed by atoms with E-state index in [-0.39, 0.29) is 11.8 Å². The van der Waals surface area contributed by atoms with E-state index in [0.29, 0.717) is 18.5 Å². The summed E-state index contributed by atoms with van der Waals surface area (Å²) in [6.45, 7) is 5.06. The number of hydrogen-bond donors (Lipinski definition) is 2. The van der Waals surface area contributed by atoms with Crippen LogP contribution in [0.4, 0.5) is 5.69 Å². The van der Waals surface area contributed by atoms with Gasteiger partial charge in [-0.2, -0.15) is 0 Å². The molecule has 0 aliphatic carbocycles. The van der Waals surface area contributed by atoms with E-state index in [9.17, 15) is 4.79 Å². The minimum atomic E-state index is -0.0435. The number of carbonyl (C=O) groups excluding carboxylic acids is 1. The molecule has 4 heteroatoms. The topological polar surface area (TPSA) is 44.4 Å². The van der Waals surface area contributed by atoms with Crippen molar-refractivity contribution in [2.75, 3.05) is 32.0 Å². The zero-order valence-electron chi connectivity index (χ0n) is 12.2. The molecule has 3 atom stereocenters. The Morgan fingerprint density at radius 3 is 3.00 bits per heavy atom. The van der Waals surface area contributed by atoms with Gasteiger partial charge >= 0.3 is 0 Å². The lowest BCUT2D eigenvalue weighted by Gasteiger charge is -2.35. The Bertz CT molecular complexity index is 502.